The van der Waals surface area contributed by atoms with Crippen LogP contribution in [0.4, 0.5) is 0 Å². The SMILES string of the molecule is CCCCCCCCCCCCCC(CCCCCCCCC)OC(=O)CCCCC(=O)O. The topological polar surface area (TPSA) is 63.6 Å². The molecule has 1 N–H and O–H groups in total. The van der Waals surface area contributed by atoms with Crippen molar-refractivity contribution in [3.05, 3.63) is 0 Å². The highest BCUT2D eigenvalue weighted by Crippen LogP contribution is 2.18. The van der Waals surface area contributed by atoms with E-state index in [1.807, 2.05) is 0 Å². The standard InChI is InChI=1S/C29H56O4/c1-3-5-7-9-11-12-13-14-16-18-20-24-27(23-19-17-15-10-8-6-4-2)33-29(32)26-22-21-25-28(30)31/h27H,3-26H2,1-2H3,(H,30,31). The molecule has 0 aromatic rings. The Morgan fingerprint density at radius 1 is 0.545 bits per heavy atom. The molecule has 0 aromatic carbocycles. The van der Waals surface area contributed by atoms with Crippen molar-refractivity contribution in [3.8, 4) is 0 Å². The number of carboxylic acid groups (broad SMARTS) is 1. The lowest BCUT2D eigenvalue weighted by atomic mass is 10.0. The van der Waals surface area contributed by atoms with Crippen molar-refractivity contribution in [2.24, 2.45) is 0 Å². The maximum Gasteiger partial charge on any atom is 0.306 e. The zero-order chi connectivity index (χ0) is 24.4. The summed E-state index contributed by atoms with van der Waals surface area (Å²) in [5.74, 6) is -0.937. The number of hydrogen-bond acceptors (Lipinski definition) is 3. The fourth-order valence-electron chi connectivity index (χ4n) is 4.42. The molecular weight excluding hydrogens is 412 g/mol. The minimum Gasteiger partial charge on any atom is -0.481 e. The van der Waals surface area contributed by atoms with Gasteiger partial charge < -0.3 is 9.84 Å². The third-order valence-corrected chi connectivity index (χ3v) is 6.58. The first-order valence-corrected chi connectivity index (χ1v) is 14.5. The third kappa shape index (κ3) is 25.4. The van der Waals surface area contributed by atoms with Crippen molar-refractivity contribution < 1.29 is 19.4 Å². The normalized spacial score (nSPS) is 12.1. The van der Waals surface area contributed by atoms with Gasteiger partial charge >= 0.3 is 11.9 Å². The minimum absolute atomic E-state index is 0.0474. The zero-order valence-electron chi connectivity index (χ0n) is 22.2. The Hall–Kier alpha value is -1.06. The van der Waals surface area contributed by atoms with Gasteiger partial charge in [-0.1, -0.05) is 117 Å². The van der Waals surface area contributed by atoms with Crippen LogP contribution in [0.2, 0.25) is 0 Å². The van der Waals surface area contributed by atoms with Gasteiger partial charge in [0.1, 0.15) is 6.10 Å². The monoisotopic (exact) mass is 468 g/mol. The minimum atomic E-state index is -0.795. The Labute approximate surface area is 205 Å². The van der Waals surface area contributed by atoms with Gasteiger partial charge in [-0.3, -0.25) is 9.59 Å². The third-order valence-electron chi connectivity index (χ3n) is 6.58. The Kier molecular flexibility index (Phi) is 24.7. The molecule has 0 rings (SSSR count). The highest BCUT2D eigenvalue weighted by molar-refractivity contribution is 5.70. The van der Waals surface area contributed by atoms with E-state index in [-0.39, 0.29) is 18.5 Å². The number of unbranched alkanes of at least 4 members (excludes halogenated alkanes) is 17. The number of esters is 1. The summed E-state index contributed by atoms with van der Waals surface area (Å²) in [7, 11) is 0. The molecule has 0 saturated carbocycles. The van der Waals surface area contributed by atoms with E-state index in [0.29, 0.717) is 19.3 Å². The molecule has 0 aliphatic rings. The molecule has 4 nitrogen and oxygen atoms in total. The summed E-state index contributed by atoms with van der Waals surface area (Å²) in [4.78, 5) is 22.9. The summed E-state index contributed by atoms with van der Waals surface area (Å²) in [5.41, 5.74) is 0. The van der Waals surface area contributed by atoms with Crippen LogP contribution >= 0.6 is 0 Å². The molecule has 4 heteroatoms. The van der Waals surface area contributed by atoms with Gasteiger partial charge in [0.05, 0.1) is 0 Å². The number of rotatable bonds is 26. The first-order chi connectivity index (χ1) is 16.1. The predicted octanol–water partition coefficient (Wildman–Crippen LogP) is 9.39. The van der Waals surface area contributed by atoms with Crippen molar-refractivity contribution in [2.75, 3.05) is 0 Å². The van der Waals surface area contributed by atoms with Crippen LogP contribution in [0.1, 0.15) is 168 Å². The molecule has 0 spiro atoms. The highest BCUT2D eigenvalue weighted by atomic mass is 16.5. The van der Waals surface area contributed by atoms with Crippen molar-refractivity contribution in [2.45, 2.75) is 174 Å². The number of carbonyl (C=O) groups is 2. The van der Waals surface area contributed by atoms with Gasteiger partial charge in [-0.15, -0.1) is 0 Å². The van der Waals surface area contributed by atoms with Gasteiger partial charge in [0.2, 0.25) is 0 Å². The van der Waals surface area contributed by atoms with E-state index in [1.54, 1.807) is 0 Å². The predicted molar refractivity (Wildman–Crippen MR) is 140 cm³/mol. The fourth-order valence-corrected chi connectivity index (χ4v) is 4.42. The number of carbonyl (C=O) groups excluding carboxylic acids is 1. The number of carboxylic acids is 1. The molecule has 196 valence electrons. The average molecular weight is 469 g/mol. The Morgan fingerprint density at radius 2 is 0.909 bits per heavy atom. The van der Waals surface area contributed by atoms with E-state index in [9.17, 15) is 9.59 Å². The zero-order valence-corrected chi connectivity index (χ0v) is 22.2. The second-order valence-corrected chi connectivity index (χ2v) is 9.95. The maximum atomic E-state index is 12.2. The molecule has 0 aromatic heterocycles. The van der Waals surface area contributed by atoms with Gasteiger partial charge in [-0.2, -0.15) is 0 Å². The van der Waals surface area contributed by atoms with Crippen molar-refractivity contribution in [1.29, 1.82) is 0 Å². The molecule has 0 aliphatic heterocycles. The van der Waals surface area contributed by atoms with Gasteiger partial charge in [-0.05, 0) is 38.5 Å². The lowest BCUT2D eigenvalue weighted by molar-refractivity contribution is -0.150. The molecule has 1 unspecified atom stereocenters. The van der Waals surface area contributed by atoms with E-state index in [4.69, 9.17) is 9.84 Å². The van der Waals surface area contributed by atoms with E-state index in [2.05, 4.69) is 13.8 Å². The maximum absolute atomic E-state index is 12.2. The lowest BCUT2D eigenvalue weighted by Crippen LogP contribution is -2.18. The van der Waals surface area contributed by atoms with E-state index in [1.165, 1.54) is 103 Å². The quantitative estimate of drug-likeness (QED) is 0.101. The molecule has 1 atom stereocenters. The first kappa shape index (κ1) is 31.9. The van der Waals surface area contributed by atoms with Crippen LogP contribution in [-0.2, 0) is 14.3 Å². The largest absolute Gasteiger partial charge is 0.481 e. The second kappa shape index (κ2) is 25.6. The Balaban J connectivity index is 4.00. The van der Waals surface area contributed by atoms with Crippen LogP contribution in [0.15, 0.2) is 0 Å². The average Bonchev–Trinajstić information content (AvgIpc) is 2.79. The van der Waals surface area contributed by atoms with Gasteiger partial charge in [-0.25, -0.2) is 0 Å². The first-order valence-electron chi connectivity index (χ1n) is 14.5. The van der Waals surface area contributed by atoms with Crippen LogP contribution in [-0.4, -0.2) is 23.1 Å². The number of aliphatic carboxylic acids is 1. The molecule has 0 saturated heterocycles. The molecule has 33 heavy (non-hydrogen) atoms. The van der Waals surface area contributed by atoms with Crippen LogP contribution in [0, 0.1) is 0 Å². The van der Waals surface area contributed by atoms with Gasteiger partial charge in [0.25, 0.3) is 0 Å². The molecule has 0 fully saturated rings. The second-order valence-electron chi connectivity index (χ2n) is 9.95. The summed E-state index contributed by atoms with van der Waals surface area (Å²) in [6.45, 7) is 4.51. The molecule has 0 heterocycles. The van der Waals surface area contributed by atoms with Crippen LogP contribution in [0.5, 0.6) is 0 Å². The van der Waals surface area contributed by atoms with Crippen LogP contribution in [0.3, 0.4) is 0 Å². The van der Waals surface area contributed by atoms with Crippen molar-refractivity contribution >= 4 is 11.9 Å². The van der Waals surface area contributed by atoms with Crippen LogP contribution in [0.25, 0.3) is 0 Å². The molecule has 0 aliphatic carbocycles. The summed E-state index contributed by atoms with van der Waals surface area (Å²) in [5, 5.41) is 8.73. The van der Waals surface area contributed by atoms with E-state index < -0.39 is 5.97 Å². The Morgan fingerprint density at radius 3 is 1.30 bits per heavy atom. The summed E-state index contributed by atoms with van der Waals surface area (Å²) >= 11 is 0. The Bertz CT molecular complexity index is 435. The number of hydrogen-bond donors (Lipinski definition) is 1. The smallest absolute Gasteiger partial charge is 0.306 e. The fraction of sp³-hybridized carbons (Fsp3) is 0.931. The molecule has 0 amide bonds. The molecular formula is C29H56O4. The molecule has 0 bridgehead atoms. The van der Waals surface area contributed by atoms with Crippen molar-refractivity contribution in [1.82, 2.24) is 0 Å². The summed E-state index contributed by atoms with van der Waals surface area (Å²) < 4.78 is 5.81. The van der Waals surface area contributed by atoms with E-state index >= 15 is 0 Å². The van der Waals surface area contributed by atoms with Crippen molar-refractivity contribution in [3.63, 3.8) is 0 Å². The van der Waals surface area contributed by atoms with Gasteiger partial charge in [0.15, 0.2) is 0 Å². The summed E-state index contributed by atoms with van der Waals surface area (Å²) in [6, 6.07) is 0. The highest BCUT2D eigenvalue weighted by Gasteiger charge is 2.14. The lowest BCUT2D eigenvalue weighted by Gasteiger charge is -2.18. The molecule has 0 radical (unpaired) electrons. The number of ether oxygens (including phenoxy) is 1. The van der Waals surface area contributed by atoms with E-state index in [0.717, 1.165) is 25.7 Å². The van der Waals surface area contributed by atoms with Gasteiger partial charge in [0, 0.05) is 12.8 Å². The van der Waals surface area contributed by atoms with Crippen LogP contribution < -0.4 is 0 Å². The summed E-state index contributed by atoms with van der Waals surface area (Å²) in [6.07, 6.45) is 27.2.